The lowest BCUT2D eigenvalue weighted by Gasteiger charge is -2.18. The Balaban J connectivity index is 1.29. The lowest BCUT2D eigenvalue weighted by Crippen LogP contribution is -2.16. The van der Waals surface area contributed by atoms with Crippen molar-refractivity contribution in [2.24, 2.45) is 0 Å². The highest BCUT2D eigenvalue weighted by molar-refractivity contribution is 6.08. The Morgan fingerprint density at radius 1 is 0.851 bits per heavy atom. The average Bonchev–Trinajstić information content (AvgIpc) is 3.05. The van der Waals surface area contributed by atoms with Gasteiger partial charge in [-0.1, -0.05) is 44.2 Å². The summed E-state index contributed by atoms with van der Waals surface area (Å²) in [5.74, 6) is -0.360. The minimum absolute atomic E-state index is 0.00556. The molecule has 7 nitrogen and oxygen atoms in total. The molecular formula is C37H31F3N2O5. The Bertz CT molecular complexity index is 1860. The highest BCUT2D eigenvalue weighted by Gasteiger charge is 2.30. The van der Waals surface area contributed by atoms with Crippen molar-refractivity contribution in [3.63, 3.8) is 0 Å². The van der Waals surface area contributed by atoms with Gasteiger partial charge in [0.2, 0.25) is 0 Å². The molecule has 1 heterocycles. The SMILES string of the molecule is CC(C)c1cc(NC(=O)c2ccc(Oc3ccccc3)cc2)c(C(=O)O)cc1Cc1ccc(COc2cccc(C(F)(F)F)c2)nc1. The molecule has 10 heteroatoms. The number of carbonyl (C=O) groups is 2. The van der Waals surface area contributed by atoms with Gasteiger partial charge in [0, 0.05) is 11.8 Å². The summed E-state index contributed by atoms with van der Waals surface area (Å²) in [5.41, 5.74) is 2.58. The topological polar surface area (TPSA) is 97.8 Å². The van der Waals surface area contributed by atoms with Crippen LogP contribution in [0.2, 0.25) is 0 Å². The molecule has 0 unspecified atom stereocenters. The normalized spacial score (nSPS) is 11.3. The minimum atomic E-state index is -4.47. The van der Waals surface area contributed by atoms with Crippen molar-refractivity contribution >= 4 is 17.6 Å². The summed E-state index contributed by atoms with van der Waals surface area (Å²) in [5, 5.41) is 12.8. The van der Waals surface area contributed by atoms with Crippen LogP contribution in [0.15, 0.2) is 109 Å². The number of benzene rings is 4. The van der Waals surface area contributed by atoms with Crippen LogP contribution in [0, 0.1) is 0 Å². The van der Waals surface area contributed by atoms with E-state index in [1.54, 1.807) is 48.7 Å². The van der Waals surface area contributed by atoms with E-state index in [0.29, 0.717) is 29.2 Å². The van der Waals surface area contributed by atoms with E-state index >= 15 is 0 Å². The van der Waals surface area contributed by atoms with E-state index in [1.807, 2.05) is 50.2 Å². The molecule has 240 valence electrons. The van der Waals surface area contributed by atoms with Gasteiger partial charge in [0.25, 0.3) is 5.91 Å². The van der Waals surface area contributed by atoms with Gasteiger partial charge < -0.3 is 19.9 Å². The zero-order chi connectivity index (χ0) is 33.6. The number of carboxylic acid groups (broad SMARTS) is 1. The summed E-state index contributed by atoms with van der Waals surface area (Å²) in [6.07, 6.45) is -2.48. The third-order valence-electron chi connectivity index (χ3n) is 7.30. The van der Waals surface area contributed by atoms with Gasteiger partial charge in [-0.15, -0.1) is 0 Å². The number of halogens is 3. The highest BCUT2D eigenvalue weighted by Crippen LogP contribution is 2.32. The van der Waals surface area contributed by atoms with Gasteiger partial charge in [-0.05, 0) is 102 Å². The number of hydrogen-bond acceptors (Lipinski definition) is 5. The smallest absolute Gasteiger partial charge is 0.416 e. The second-order valence-electron chi connectivity index (χ2n) is 11.1. The molecule has 1 amide bonds. The molecule has 0 aliphatic rings. The van der Waals surface area contributed by atoms with Crippen molar-refractivity contribution in [1.82, 2.24) is 4.98 Å². The summed E-state index contributed by atoms with van der Waals surface area (Å²) in [6, 6.07) is 27.2. The van der Waals surface area contributed by atoms with Gasteiger partial charge in [-0.2, -0.15) is 13.2 Å². The van der Waals surface area contributed by atoms with E-state index in [4.69, 9.17) is 9.47 Å². The van der Waals surface area contributed by atoms with Crippen LogP contribution in [0.25, 0.3) is 0 Å². The lowest BCUT2D eigenvalue weighted by atomic mass is 9.90. The number of para-hydroxylation sites is 1. The molecule has 5 aromatic rings. The van der Waals surface area contributed by atoms with Crippen LogP contribution in [0.1, 0.15) is 68.4 Å². The van der Waals surface area contributed by atoms with Crippen molar-refractivity contribution in [1.29, 1.82) is 0 Å². The average molecular weight is 641 g/mol. The number of rotatable bonds is 11. The molecular weight excluding hydrogens is 609 g/mol. The Morgan fingerprint density at radius 3 is 2.19 bits per heavy atom. The maximum Gasteiger partial charge on any atom is 0.416 e. The van der Waals surface area contributed by atoms with Gasteiger partial charge in [0.15, 0.2) is 0 Å². The number of aromatic carboxylic acids is 1. The Kier molecular flexibility index (Phi) is 9.89. The zero-order valence-electron chi connectivity index (χ0n) is 25.5. The molecule has 0 aliphatic heterocycles. The number of carboxylic acids is 1. The number of aromatic nitrogens is 1. The number of carbonyl (C=O) groups excluding carboxylic acids is 1. The standard InChI is InChI=1S/C37H31F3N2O5/c1-23(2)32-20-34(42-35(43)25-12-15-30(16-13-25)47-29-8-4-3-5-9-29)33(36(44)45)18-26(32)17-24-11-14-28(41-21-24)22-46-31-10-6-7-27(19-31)37(38,39)40/h3-16,18-21,23H,17,22H2,1-2H3,(H,42,43)(H,44,45). The Morgan fingerprint density at radius 2 is 1.55 bits per heavy atom. The van der Waals surface area contributed by atoms with E-state index in [0.717, 1.165) is 28.8 Å². The molecule has 0 atom stereocenters. The van der Waals surface area contributed by atoms with Crippen LogP contribution in [-0.2, 0) is 19.2 Å². The molecule has 0 fully saturated rings. The van der Waals surface area contributed by atoms with E-state index in [9.17, 15) is 27.9 Å². The van der Waals surface area contributed by atoms with Crippen LogP contribution < -0.4 is 14.8 Å². The van der Waals surface area contributed by atoms with Crippen LogP contribution >= 0.6 is 0 Å². The fourth-order valence-corrected chi connectivity index (χ4v) is 4.91. The number of ether oxygens (including phenoxy) is 2. The molecule has 4 aromatic carbocycles. The van der Waals surface area contributed by atoms with Gasteiger partial charge in [0.05, 0.1) is 22.5 Å². The quantitative estimate of drug-likeness (QED) is 0.149. The number of nitrogens with zero attached hydrogens (tertiary/aromatic N) is 1. The Labute approximate surface area is 269 Å². The number of amides is 1. The number of anilines is 1. The second kappa shape index (κ2) is 14.2. The molecule has 0 saturated carbocycles. The molecule has 0 spiro atoms. The van der Waals surface area contributed by atoms with Gasteiger partial charge in [-0.3, -0.25) is 9.78 Å². The number of nitrogens with one attached hydrogen (secondary N) is 1. The van der Waals surface area contributed by atoms with Crippen molar-refractivity contribution < 1.29 is 37.3 Å². The van der Waals surface area contributed by atoms with Crippen LogP contribution in [0.5, 0.6) is 17.2 Å². The van der Waals surface area contributed by atoms with Gasteiger partial charge in [-0.25, -0.2) is 4.79 Å². The van der Waals surface area contributed by atoms with Crippen molar-refractivity contribution in [2.45, 2.75) is 39.0 Å². The van der Waals surface area contributed by atoms with Crippen LogP contribution in [0.3, 0.4) is 0 Å². The van der Waals surface area contributed by atoms with Crippen molar-refractivity contribution in [2.75, 3.05) is 5.32 Å². The predicted octanol–water partition coefficient (Wildman–Crippen LogP) is 9.14. The Hall–Kier alpha value is -5.64. The number of hydrogen-bond donors (Lipinski definition) is 2. The van der Waals surface area contributed by atoms with E-state index in [-0.39, 0.29) is 29.5 Å². The maximum atomic E-state index is 13.1. The van der Waals surface area contributed by atoms with E-state index in [2.05, 4.69) is 10.3 Å². The molecule has 2 N–H and O–H groups in total. The summed E-state index contributed by atoms with van der Waals surface area (Å²) in [6.45, 7) is 3.92. The van der Waals surface area contributed by atoms with Gasteiger partial charge in [0.1, 0.15) is 23.9 Å². The monoisotopic (exact) mass is 640 g/mol. The maximum absolute atomic E-state index is 13.1. The summed E-state index contributed by atoms with van der Waals surface area (Å²) < 4.78 is 50.3. The predicted molar refractivity (Wildman–Crippen MR) is 171 cm³/mol. The second-order valence-corrected chi connectivity index (χ2v) is 11.1. The van der Waals surface area contributed by atoms with Crippen LogP contribution in [0.4, 0.5) is 18.9 Å². The third-order valence-corrected chi connectivity index (χ3v) is 7.30. The minimum Gasteiger partial charge on any atom is -0.487 e. The first-order valence-corrected chi connectivity index (χ1v) is 14.7. The van der Waals surface area contributed by atoms with Crippen molar-refractivity contribution in [3.05, 3.63) is 148 Å². The summed E-state index contributed by atoms with van der Waals surface area (Å²) in [4.78, 5) is 29.8. The zero-order valence-corrected chi connectivity index (χ0v) is 25.5. The van der Waals surface area contributed by atoms with E-state index in [1.165, 1.54) is 12.1 Å². The molecule has 47 heavy (non-hydrogen) atoms. The fraction of sp³-hybridized carbons (Fsp3) is 0.162. The first-order chi connectivity index (χ1) is 22.5. The largest absolute Gasteiger partial charge is 0.487 e. The number of pyridine rings is 1. The molecule has 0 bridgehead atoms. The van der Waals surface area contributed by atoms with Gasteiger partial charge >= 0.3 is 12.1 Å². The van der Waals surface area contributed by atoms with Crippen molar-refractivity contribution in [3.8, 4) is 17.2 Å². The summed E-state index contributed by atoms with van der Waals surface area (Å²) in [7, 11) is 0. The lowest BCUT2D eigenvalue weighted by molar-refractivity contribution is -0.137. The fourth-order valence-electron chi connectivity index (χ4n) is 4.91. The first-order valence-electron chi connectivity index (χ1n) is 14.7. The molecule has 1 aromatic heterocycles. The third kappa shape index (κ3) is 8.55. The first kappa shape index (κ1) is 32.7. The summed E-state index contributed by atoms with van der Waals surface area (Å²) >= 11 is 0. The van der Waals surface area contributed by atoms with E-state index < -0.39 is 23.6 Å². The number of alkyl halides is 3. The molecule has 0 aliphatic carbocycles. The highest BCUT2D eigenvalue weighted by atomic mass is 19.4. The molecule has 0 radical (unpaired) electrons. The molecule has 0 saturated heterocycles. The van der Waals surface area contributed by atoms with Crippen LogP contribution in [-0.4, -0.2) is 22.0 Å². The molecule has 5 rings (SSSR count).